The Morgan fingerprint density at radius 3 is 1.45 bits per heavy atom. The number of anilines is 3. The van der Waals surface area contributed by atoms with E-state index in [1.807, 2.05) is 12.1 Å². The number of ether oxygens (including phenoxy) is 2. The minimum atomic E-state index is -0.461. The molecule has 3 nitrogen and oxygen atoms in total. The molecule has 0 saturated carbocycles. The molecule has 12 rings (SSSR count). The number of nitrogens with zero attached hydrogens (tertiary/aromatic N) is 1. The van der Waals surface area contributed by atoms with E-state index in [0.29, 0.717) is 17.2 Å². The zero-order valence-corrected chi connectivity index (χ0v) is 31.5. The third kappa shape index (κ3) is 4.62. The van der Waals surface area contributed by atoms with Crippen LogP contribution in [-0.2, 0) is 5.41 Å². The number of hydrogen-bond donors (Lipinski definition) is 0. The van der Waals surface area contributed by atoms with E-state index >= 15 is 0 Å². The van der Waals surface area contributed by atoms with Crippen molar-refractivity contribution in [3.8, 4) is 67.5 Å². The van der Waals surface area contributed by atoms with Crippen molar-refractivity contribution in [1.82, 2.24) is 0 Å². The highest BCUT2D eigenvalue weighted by Crippen LogP contribution is 2.66. The van der Waals surface area contributed by atoms with Crippen LogP contribution in [0.5, 0.6) is 23.0 Å². The van der Waals surface area contributed by atoms with Crippen LogP contribution in [0, 0.1) is 0 Å². The van der Waals surface area contributed by atoms with Gasteiger partial charge in [0.1, 0.15) is 0 Å². The third-order valence-corrected chi connectivity index (χ3v) is 12.2. The zero-order valence-electron chi connectivity index (χ0n) is 31.5. The quantitative estimate of drug-likeness (QED) is 0.175. The summed E-state index contributed by atoms with van der Waals surface area (Å²) in [5, 5.41) is 0. The van der Waals surface area contributed by atoms with Crippen molar-refractivity contribution in [1.29, 1.82) is 0 Å². The second-order valence-electron chi connectivity index (χ2n) is 15.1. The largest absolute Gasteiger partial charge is 0.449 e. The van der Waals surface area contributed by atoms with Gasteiger partial charge in [0.05, 0.1) is 11.1 Å². The van der Waals surface area contributed by atoms with Gasteiger partial charge in [0.2, 0.25) is 0 Å². The maximum absolute atomic E-state index is 7.10. The number of hydrogen-bond acceptors (Lipinski definition) is 3. The van der Waals surface area contributed by atoms with Crippen LogP contribution in [0.25, 0.3) is 44.5 Å². The molecule has 0 aromatic heterocycles. The van der Waals surface area contributed by atoms with Crippen LogP contribution in [0.2, 0.25) is 0 Å². The van der Waals surface area contributed by atoms with Crippen LogP contribution < -0.4 is 14.4 Å². The summed E-state index contributed by atoms with van der Waals surface area (Å²) in [5.74, 6) is 2.81. The van der Waals surface area contributed by atoms with E-state index in [9.17, 15) is 0 Å². The average molecular weight is 742 g/mol. The summed E-state index contributed by atoms with van der Waals surface area (Å²) >= 11 is 0. The van der Waals surface area contributed by atoms with Crippen LogP contribution in [0.3, 0.4) is 0 Å². The van der Waals surface area contributed by atoms with Gasteiger partial charge in [0.15, 0.2) is 23.0 Å². The van der Waals surface area contributed by atoms with Gasteiger partial charge in [-0.3, -0.25) is 0 Å². The summed E-state index contributed by atoms with van der Waals surface area (Å²) in [7, 11) is 0. The van der Waals surface area contributed by atoms with E-state index in [2.05, 4.69) is 205 Å². The molecule has 1 heterocycles. The highest BCUT2D eigenvalue weighted by molar-refractivity contribution is 5.98. The first kappa shape index (κ1) is 32.6. The van der Waals surface area contributed by atoms with E-state index in [4.69, 9.17) is 9.47 Å². The molecule has 2 aliphatic carbocycles. The van der Waals surface area contributed by atoms with Gasteiger partial charge in [-0.05, 0) is 104 Å². The molecule has 1 aliphatic heterocycles. The summed E-state index contributed by atoms with van der Waals surface area (Å²) in [4.78, 5) is 2.25. The first-order valence-corrected chi connectivity index (χ1v) is 19.8. The Hall–Kier alpha value is -7.62. The van der Waals surface area contributed by atoms with Crippen molar-refractivity contribution in [2.45, 2.75) is 5.41 Å². The van der Waals surface area contributed by atoms with Crippen LogP contribution in [0.15, 0.2) is 212 Å². The Labute approximate surface area is 337 Å². The molecule has 0 radical (unpaired) electrons. The molecule has 0 atom stereocenters. The molecule has 0 fully saturated rings. The average Bonchev–Trinajstić information content (AvgIpc) is 3.77. The predicted octanol–water partition coefficient (Wildman–Crippen LogP) is 14.7. The summed E-state index contributed by atoms with van der Waals surface area (Å²) in [5.41, 5.74) is 17.1. The molecular formula is C55H35NO2. The Kier molecular flexibility index (Phi) is 7.14. The van der Waals surface area contributed by atoms with Crippen molar-refractivity contribution in [2.24, 2.45) is 0 Å². The van der Waals surface area contributed by atoms with Crippen molar-refractivity contribution in [2.75, 3.05) is 4.90 Å². The van der Waals surface area contributed by atoms with Crippen molar-refractivity contribution >= 4 is 17.1 Å². The fourth-order valence-corrected chi connectivity index (χ4v) is 9.80. The molecule has 0 saturated heterocycles. The lowest BCUT2D eigenvalue weighted by Crippen LogP contribution is -2.25. The minimum absolute atomic E-state index is 0.461. The van der Waals surface area contributed by atoms with E-state index in [0.717, 1.165) is 33.9 Å². The molecule has 9 aromatic rings. The number of para-hydroxylation sites is 2. The monoisotopic (exact) mass is 741 g/mol. The Morgan fingerprint density at radius 1 is 0.310 bits per heavy atom. The van der Waals surface area contributed by atoms with Crippen molar-refractivity contribution in [3.05, 3.63) is 235 Å². The first-order chi connectivity index (χ1) is 28.8. The lowest BCUT2D eigenvalue weighted by Gasteiger charge is -2.32. The van der Waals surface area contributed by atoms with Crippen LogP contribution in [0.4, 0.5) is 17.1 Å². The standard InChI is InChI=1S/C55H35NO2/c1-3-16-36(17-4-1)40-20-7-8-21-41(40)37-30-32-39(33-31-37)56(38-18-5-2-6-19-38)49-28-15-29-50-53(49)57-51-35-34-48-52(54(51)58-50)44-24-11-14-27-47(44)55(48)45-25-12-9-22-42(45)43-23-10-13-26-46(43)55/h1-35H. The van der Waals surface area contributed by atoms with E-state index in [-0.39, 0.29) is 0 Å². The van der Waals surface area contributed by atoms with Crippen molar-refractivity contribution in [3.63, 3.8) is 0 Å². The molecule has 272 valence electrons. The number of fused-ring (bicyclic) bond motifs is 13. The molecule has 3 aliphatic rings. The number of benzene rings is 9. The Balaban J connectivity index is 0.983. The van der Waals surface area contributed by atoms with Gasteiger partial charge < -0.3 is 14.4 Å². The molecule has 0 amide bonds. The fourth-order valence-electron chi connectivity index (χ4n) is 9.80. The minimum Gasteiger partial charge on any atom is -0.449 e. The van der Waals surface area contributed by atoms with Gasteiger partial charge in [0, 0.05) is 16.9 Å². The lowest BCUT2D eigenvalue weighted by molar-refractivity contribution is 0.361. The molecule has 1 spiro atoms. The predicted molar refractivity (Wildman–Crippen MR) is 235 cm³/mol. The Bertz CT molecular complexity index is 3020. The highest BCUT2D eigenvalue weighted by atomic mass is 16.6. The van der Waals surface area contributed by atoms with Crippen LogP contribution >= 0.6 is 0 Å². The summed E-state index contributed by atoms with van der Waals surface area (Å²) in [6, 6.07) is 75.6. The lowest BCUT2D eigenvalue weighted by atomic mass is 9.70. The van der Waals surface area contributed by atoms with Gasteiger partial charge in [-0.15, -0.1) is 0 Å². The maximum atomic E-state index is 7.10. The summed E-state index contributed by atoms with van der Waals surface area (Å²) in [6.45, 7) is 0. The second kappa shape index (κ2) is 12.7. The summed E-state index contributed by atoms with van der Waals surface area (Å²) < 4.78 is 14.2. The van der Waals surface area contributed by atoms with E-state index in [1.54, 1.807) is 0 Å². The zero-order chi connectivity index (χ0) is 38.2. The SMILES string of the molecule is c1ccc(-c2ccccc2-c2ccc(N(c3ccccc3)c3cccc4c3Oc3ccc5c(c3O4)-c3ccccc3C53c4ccccc4-c4ccccc43)cc2)cc1. The highest BCUT2D eigenvalue weighted by Gasteiger charge is 2.53. The molecular weight excluding hydrogens is 707 g/mol. The Morgan fingerprint density at radius 2 is 0.793 bits per heavy atom. The summed E-state index contributed by atoms with van der Waals surface area (Å²) in [6.07, 6.45) is 0. The first-order valence-electron chi connectivity index (χ1n) is 19.8. The smallest absolute Gasteiger partial charge is 0.194 e. The second-order valence-corrected chi connectivity index (χ2v) is 15.1. The van der Waals surface area contributed by atoms with E-state index in [1.165, 1.54) is 55.6 Å². The van der Waals surface area contributed by atoms with Crippen molar-refractivity contribution < 1.29 is 9.47 Å². The molecule has 0 N–H and O–H groups in total. The van der Waals surface area contributed by atoms with Crippen LogP contribution in [0.1, 0.15) is 22.3 Å². The van der Waals surface area contributed by atoms with Gasteiger partial charge in [-0.1, -0.05) is 170 Å². The number of rotatable bonds is 5. The molecule has 3 heteroatoms. The van der Waals surface area contributed by atoms with Gasteiger partial charge >= 0.3 is 0 Å². The molecule has 58 heavy (non-hydrogen) atoms. The van der Waals surface area contributed by atoms with Gasteiger partial charge in [-0.2, -0.15) is 0 Å². The van der Waals surface area contributed by atoms with Gasteiger partial charge in [-0.25, -0.2) is 0 Å². The molecule has 9 aromatic carbocycles. The molecule has 0 unspecified atom stereocenters. The van der Waals surface area contributed by atoms with Gasteiger partial charge in [0.25, 0.3) is 0 Å². The molecule has 0 bridgehead atoms. The maximum Gasteiger partial charge on any atom is 0.194 e. The van der Waals surface area contributed by atoms with Crippen LogP contribution in [-0.4, -0.2) is 0 Å². The normalized spacial score (nSPS) is 13.2. The van der Waals surface area contributed by atoms with E-state index < -0.39 is 5.41 Å². The third-order valence-electron chi connectivity index (χ3n) is 12.2. The fraction of sp³-hybridized carbons (Fsp3) is 0.0182. The topological polar surface area (TPSA) is 21.7 Å².